The second-order valence-electron chi connectivity index (χ2n) is 4.96. The van der Waals surface area contributed by atoms with Crippen LogP contribution in [0.5, 0.6) is 0 Å². The van der Waals surface area contributed by atoms with Gasteiger partial charge in [-0.25, -0.2) is 4.98 Å². The first kappa shape index (κ1) is 13.3. The third kappa shape index (κ3) is 3.02. The van der Waals surface area contributed by atoms with Crippen molar-refractivity contribution < 1.29 is 4.79 Å². The second kappa shape index (κ2) is 5.69. The predicted molar refractivity (Wildman–Crippen MR) is 75.2 cm³/mol. The number of anilines is 1. The van der Waals surface area contributed by atoms with Crippen LogP contribution in [0.4, 0.5) is 5.82 Å². The predicted octanol–water partition coefficient (Wildman–Crippen LogP) is 2.59. The van der Waals surface area contributed by atoms with Crippen LogP contribution in [-0.4, -0.2) is 17.4 Å². The van der Waals surface area contributed by atoms with E-state index in [1.807, 2.05) is 0 Å². The quantitative estimate of drug-likeness (QED) is 0.901. The maximum absolute atomic E-state index is 12.0. The minimum absolute atomic E-state index is 0.139. The lowest BCUT2D eigenvalue weighted by Crippen LogP contribution is -2.31. The number of nitrogens with one attached hydrogen (secondary N) is 1. The van der Waals surface area contributed by atoms with Gasteiger partial charge in [0.05, 0.1) is 5.56 Å². The van der Waals surface area contributed by atoms with Gasteiger partial charge in [-0.05, 0) is 40.3 Å². The van der Waals surface area contributed by atoms with Crippen molar-refractivity contribution in [1.29, 1.82) is 0 Å². The Morgan fingerprint density at radius 1 is 1.61 bits per heavy atom. The van der Waals surface area contributed by atoms with E-state index in [9.17, 15) is 4.79 Å². The van der Waals surface area contributed by atoms with E-state index in [0.717, 1.165) is 11.0 Å². The Morgan fingerprint density at radius 2 is 2.39 bits per heavy atom. The molecule has 18 heavy (non-hydrogen) atoms. The van der Waals surface area contributed by atoms with Gasteiger partial charge in [0.1, 0.15) is 5.82 Å². The summed E-state index contributed by atoms with van der Waals surface area (Å²) < 4.78 is 0.760. The molecular formula is C13H18BrN3O. The summed E-state index contributed by atoms with van der Waals surface area (Å²) in [6.45, 7) is 2.98. The number of nitrogen functional groups attached to an aromatic ring is 1. The lowest BCUT2D eigenvalue weighted by atomic mass is 9.98. The molecule has 1 aliphatic carbocycles. The van der Waals surface area contributed by atoms with Gasteiger partial charge in [0.2, 0.25) is 0 Å². The maximum Gasteiger partial charge on any atom is 0.255 e. The van der Waals surface area contributed by atoms with Gasteiger partial charge in [-0.15, -0.1) is 0 Å². The van der Waals surface area contributed by atoms with Crippen LogP contribution in [-0.2, 0) is 0 Å². The van der Waals surface area contributed by atoms with Crippen molar-refractivity contribution >= 4 is 27.7 Å². The van der Waals surface area contributed by atoms with Gasteiger partial charge in [-0.1, -0.05) is 19.8 Å². The Hall–Kier alpha value is -1.10. The molecular weight excluding hydrogens is 294 g/mol. The van der Waals surface area contributed by atoms with E-state index >= 15 is 0 Å². The standard InChI is InChI=1S/C13H18BrN3O/c1-8-3-2-4-9(8)6-17-13(18)11-5-10(14)7-16-12(11)15/h5,7-9H,2-4,6H2,1H3,(H2,15,16)(H,17,18). The summed E-state index contributed by atoms with van der Waals surface area (Å²) in [7, 11) is 0. The fraction of sp³-hybridized carbons (Fsp3) is 0.538. The molecule has 0 bridgehead atoms. The van der Waals surface area contributed by atoms with Crippen molar-refractivity contribution in [3.63, 3.8) is 0 Å². The monoisotopic (exact) mass is 311 g/mol. The molecule has 0 saturated heterocycles. The highest BCUT2D eigenvalue weighted by Crippen LogP contribution is 2.30. The first-order chi connectivity index (χ1) is 8.58. The number of nitrogens with two attached hydrogens (primary N) is 1. The Balaban J connectivity index is 1.97. The molecule has 1 aromatic heterocycles. The molecule has 1 aromatic rings. The zero-order chi connectivity index (χ0) is 13.1. The largest absolute Gasteiger partial charge is 0.383 e. The normalized spacial score (nSPS) is 23.0. The fourth-order valence-electron chi connectivity index (χ4n) is 2.48. The third-order valence-corrected chi connectivity index (χ3v) is 4.13. The smallest absolute Gasteiger partial charge is 0.255 e. The molecule has 0 spiro atoms. The Bertz CT molecular complexity index is 450. The van der Waals surface area contributed by atoms with Crippen LogP contribution in [0.3, 0.4) is 0 Å². The van der Waals surface area contributed by atoms with E-state index in [1.54, 1.807) is 12.3 Å². The molecule has 4 nitrogen and oxygen atoms in total. The Kier molecular flexibility index (Phi) is 4.22. The van der Waals surface area contributed by atoms with Crippen molar-refractivity contribution in [2.75, 3.05) is 12.3 Å². The van der Waals surface area contributed by atoms with Crippen molar-refractivity contribution in [2.24, 2.45) is 11.8 Å². The zero-order valence-electron chi connectivity index (χ0n) is 10.4. The number of pyridine rings is 1. The summed E-state index contributed by atoms with van der Waals surface area (Å²) in [6.07, 6.45) is 5.32. The van der Waals surface area contributed by atoms with Crippen LogP contribution in [0.25, 0.3) is 0 Å². The molecule has 5 heteroatoms. The number of halogens is 1. The number of rotatable bonds is 3. The number of carbonyl (C=O) groups is 1. The molecule has 1 amide bonds. The highest BCUT2D eigenvalue weighted by Gasteiger charge is 2.24. The minimum Gasteiger partial charge on any atom is -0.383 e. The first-order valence-electron chi connectivity index (χ1n) is 6.27. The highest BCUT2D eigenvalue weighted by molar-refractivity contribution is 9.10. The Labute approximate surface area is 115 Å². The SMILES string of the molecule is CC1CCCC1CNC(=O)c1cc(Br)cnc1N. The molecule has 2 unspecified atom stereocenters. The average molecular weight is 312 g/mol. The van der Waals surface area contributed by atoms with E-state index in [-0.39, 0.29) is 11.7 Å². The molecule has 0 aliphatic heterocycles. The second-order valence-corrected chi connectivity index (χ2v) is 5.88. The molecule has 98 valence electrons. The minimum atomic E-state index is -0.139. The first-order valence-corrected chi connectivity index (χ1v) is 7.06. The molecule has 3 N–H and O–H groups in total. The van der Waals surface area contributed by atoms with Gasteiger partial charge in [0.25, 0.3) is 5.91 Å². The van der Waals surface area contributed by atoms with Crippen LogP contribution in [0.1, 0.15) is 36.5 Å². The summed E-state index contributed by atoms with van der Waals surface area (Å²) in [4.78, 5) is 16.0. The zero-order valence-corrected chi connectivity index (χ0v) is 12.0. The molecule has 0 aromatic carbocycles. The van der Waals surface area contributed by atoms with E-state index < -0.39 is 0 Å². The van der Waals surface area contributed by atoms with Crippen molar-refractivity contribution in [3.8, 4) is 0 Å². The lowest BCUT2D eigenvalue weighted by molar-refractivity contribution is 0.0945. The lowest BCUT2D eigenvalue weighted by Gasteiger charge is -2.16. The molecule has 1 fully saturated rings. The van der Waals surface area contributed by atoms with Crippen molar-refractivity contribution in [3.05, 3.63) is 22.3 Å². The summed E-state index contributed by atoms with van der Waals surface area (Å²) in [5, 5.41) is 2.96. The van der Waals surface area contributed by atoms with E-state index in [0.29, 0.717) is 17.4 Å². The number of hydrogen-bond acceptors (Lipinski definition) is 3. The van der Waals surface area contributed by atoms with Gasteiger partial charge in [-0.3, -0.25) is 4.79 Å². The number of hydrogen-bond donors (Lipinski definition) is 2. The van der Waals surface area contributed by atoms with E-state index in [4.69, 9.17) is 5.73 Å². The molecule has 1 heterocycles. The fourth-order valence-corrected chi connectivity index (χ4v) is 2.81. The molecule has 1 aliphatic rings. The molecule has 2 rings (SSSR count). The van der Waals surface area contributed by atoms with Crippen LogP contribution >= 0.6 is 15.9 Å². The molecule has 1 saturated carbocycles. The van der Waals surface area contributed by atoms with Crippen LogP contribution in [0.15, 0.2) is 16.7 Å². The maximum atomic E-state index is 12.0. The molecule has 0 radical (unpaired) electrons. The van der Waals surface area contributed by atoms with E-state index in [2.05, 4.69) is 33.2 Å². The van der Waals surface area contributed by atoms with Crippen molar-refractivity contribution in [2.45, 2.75) is 26.2 Å². The van der Waals surface area contributed by atoms with Gasteiger partial charge >= 0.3 is 0 Å². The van der Waals surface area contributed by atoms with Gasteiger partial charge < -0.3 is 11.1 Å². The summed E-state index contributed by atoms with van der Waals surface area (Å²) in [5.74, 6) is 1.43. The van der Waals surface area contributed by atoms with Crippen LogP contribution in [0, 0.1) is 11.8 Å². The third-order valence-electron chi connectivity index (χ3n) is 3.69. The van der Waals surface area contributed by atoms with Gasteiger partial charge in [-0.2, -0.15) is 0 Å². The number of nitrogens with zero attached hydrogens (tertiary/aromatic N) is 1. The number of amides is 1. The van der Waals surface area contributed by atoms with Crippen LogP contribution in [0.2, 0.25) is 0 Å². The summed E-state index contributed by atoms with van der Waals surface area (Å²) in [5.41, 5.74) is 6.15. The van der Waals surface area contributed by atoms with Crippen molar-refractivity contribution in [1.82, 2.24) is 10.3 Å². The average Bonchev–Trinajstić information content (AvgIpc) is 2.75. The summed E-state index contributed by atoms with van der Waals surface area (Å²) >= 11 is 3.29. The van der Waals surface area contributed by atoms with Gasteiger partial charge in [0, 0.05) is 17.2 Å². The summed E-state index contributed by atoms with van der Waals surface area (Å²) in [6, 6.07) is 1.70. The number of aromatic nitrogens is 1. The molecule has 2 atom stereocenters. The Morgan fingerprint density at radius 3 is 3.06 bits per heavy atom. The topological polar surface area (TPSA) is 68.0 Å². The van der Waals surface area contributed by atoms with Crippen LogP contribution < -0.4 is 11.1 Å². The van der Waals surface area contributed by atoms with Gasteiger partial charge in [0.15, 0.2) is 0 Å². The van der Waals surface area contributed by atoms with E-state index in [1.165, 1.54) is 19.3 Å². The highest BCUT2D eigenvalue weighted by atomic mass is 79.9. The number of carbonyl (C=O) groups excluding carboxylic acids is 1.